The Labute approximate surface area is 115 Å². The van der Waals surface area contributed by atoms with Crippen LogP contribution in [-0.2, 0) is 11.3 Å². The minimum absolute atomic E-state index is 0.271. The van der Waals surface area contributed by atoms with Crippen LogP contribution in [0.25, 0.3) is 0 Å². The van der Waals surface area contributed by atoms with Crippen molar-refractivity contribution in [1.82, 2.24) is 10.2 Å². The molecule has 1 amide bonds. The summed E-state index contributed by atoms with van der Waals surface area (Å²) in [6.45, 7) is 6.24. The molecule has 1 fully saturated rings. The second-order valence-electron chi connectivity index (χ2n) is 4.98. The van der Waals surface area contributed by atoms with Gasteiger partial charge in [-0.05, 0) is 24.9 Å². The molecule has 1 aliphatic rings. The van der Waals surface area contributed by atoms with Gasteiger partial charge in [-0.3, -0.25) is 4.79 Å². The smallest absolute Gasteiger partial charge is 0.223 e. The minimum Gasteiger partial charge on any atom is -0.336 e. The van der Waals surface area contributed by atoms with Crippen molar-refractivity contribution >= 4 is 5.91 Å². The van der Waals surface area contributed by atoms with Gasteiger partial charge in [0.2, 0.25) is 5.91 Å². The van der Waals surface area contributed by atoms with Crippen molar-refractivity contribution in [3.8, 4) is 0 Å². The maximum absolute atomic E-state index is 11.7. The van der Waals surface area contributed by atoms with E-state index in [1.54, 1.807) is 0 Å². The minimum atomic E-state index is 0.271. The van der Waals surface area contributed by atoms with Crippen LogP contribution in [0.3, 0.4) is 0 Å². The summed E-state index contributed by atoms with van der Waals surface area (Å²) in [7, 11) is 0. The largest absolute Gasteiger partial charge is 0.336 e. The molecule has 0 aliphatic carbocycles. The third kappa shape index (κ3) is 3.93. The third-order valence-electron chi connectivity index (χ3n) is 3.60. The molecular formula is C16H22N2O. The van der Waals surface area contributed by atoms with E-state index >= 15 is 0 Å². The zero-order valence-electron chi connectivity index (χ0n) is 11.3. The van der Waals surface area contributed by atoms with Crippen molar-refractivity contribution in [2.24, 2.45) is 0 Å². The molecule has 1 aromatic rings. The zero-order chi connectivity index (χ0) is 13.5. The number of likely N-dealkylation sites (tertiary alicyclic amines) is 1. The Bertz CT molecular complexity index is 416. The van der Waals surface area contributed by atoms with E-state index in [0.29, 0.717) is 19.0 Å². The van der Waals surface area contributed by atoms with Crippen molar-refractivity contribution < 1.29 is 4.79 Å². The Kier molecular flexibility index (Phi) is 5.16. The van der Waals surface area contributed by atoms with Crippen molar-refractivity contribution in [2.45, 2.75) is 31.8 Å². The van der Waals surface area contributed by atoms with Gasteiger partial charge >= 0.3 is 0 Å². The van der Waals surface area contributed by atoms with E-state index in [2.05, 4.69) is 36.2 Å². The van der Waals surface area contributed by atoms with Gasteiger partial charge in [0.15, 0.2) is 0 Å². The van der Waals surface area contributed by atoms with Crippen molar-refractivity contribution in [3.05, 3.63) is 48.6 Å². The fraction of sp³-hybridized carbons (Fsp3) is 0.438. The van der Waals surface area contributed by atoms with Crippen molar-refractivity contribution in [2.75, 3.05) is 13.1 Å². The number of nitrogens with one attached hydrogen (secondary N) is 1. The van der Waals surface area contributed by atoms with E-state index in [1.165, 1.54) is 5.56 Å². The molecule has 2 rings (SSSR count). The summed E-state index contributed by atoms with van der Waals surface area (Å²) < 4.78 is 0. The topological polar surface area (TPSA) is 32.3 Å². The lowest BCUT2D eigenvalue weighted by Gasteiger charge is -2.23. The zero-order valence-corrected chi connectivity index (χ0v) is 11.3. The van der Waals surface area contributed by atoms with Crippen LogP contribution in [0.15, 0.2) is 43.0 Å². The molecule has 1 aliphatic heterocycles. The molecule has 0 radical (unpaired) electrons. The fourth-order valence-corrected chi connectivity index (χ4v) is 2.58. The molecule has 1 saturated heterocycles. The van der Waals surface area contributed by atoms with Crippen LogP contribution in [0.5, 0.6) is 0 Å². The van der Waals surface area contributed by atoms with Crippen LogP contribution in [0.2, 0.25) is 0 Å². The molecule has 1 heterocycles. The predicted molar refractivity (Wildman–Crippen MR) is 77.7 cm³/mol. The summed E-state index contributed by atoms with van der Waals surface area (Å²) in [6.07, 6.45) is 4.51. The summed E-state index contributed by atoms with van der Waals surface area (Å²) in [5.41, 5.74) is 1.30. The molecule has 102 valence electrons. The van der Waals surface area contributed by atoms with E-state index in [-0.39, 0.29) is 5.91 Å². The number of amides is 1. The first-order valence-electron chi connectivity index (χ1n) is 6.96. The van der Waals surface area contributed by atoms with Crippen LogP contribution in [-0.4, -0.2) is 29.9 Å². The van der Waals surface area contributed by atoms with Gasteiger partial charge in [-0.25, -0.2) is 0 Å². The maximum atomic E-state index is 11.7. The number of nitrogens with zero attached hydrogens (tertiary/aromatic N) is 1. The van der Waals surface area contributed by atoms with Crippen LogP contribution in [0.1, 0.15) is 24.8 Å². The molecule has 1 atom stereocenters. The Morgan fingerprint density at radius 3 is 2.89 bits per heavy atom. The summed E-state index contributed by atoms with van der Waals surface area (Å²) >= 11 is 0. The van der Waals surface area contributed by atoms with Crippen molar-refractivity contribution in [1.29, 1.82) is 0 Å². The van der Waals surface area contributed by atoms with Crippen LogP contribution in [0.4, 0.5) is 0 Å². The monoisotopic (exact) mass is 258 g/mol. The first kappa shape index (κ1) is 13.8. The van der Waals surface area contributed by atoms with Gasteiger partial charge in [-0.1, -0.05) is 36.4 Å². The standard InChI is InChI=1S/C16H22N2O/c1-2-12-18-15(8-9-16(18)19)10-11-17-13-14-6-4-3-5-7-14/h2-7,15,17H,1,8-13H2/t15-/m0/s1. The van der Waals surface area contributed by atoms with Gasteiger partial charge < -0.3 is 10.2 Å². The number of carbonyl (C=O) groups is 1. The van der Waals surface area contributed by atoms with E-state index in [1.807, 2.05) is 17.0 Å². The lowest BCUT2D eigenvalue weighted by atomic mass is 10.1. The highest BCUT2D eigenvalue weighted by atomic mass is 16.2. The first-order chi connectivity index (χ1) is 9.31. The summed E-state index contributed by atoms with van der Waals surface area (Å²) in [5.74, 6) is 0.271. The molecule has 0 bridgehead atoms. The Morgan fingerprint density at radius 1 is 1.37 bits per heavy atom. The fourth-order valence-electron chi connectivity index (χ4n) is 2.58. The molecule has 3 nitrogen and oxygen atoms in total. The lowest BCUT2D eigenvalue weighted by molar-refractivity contribution is -0.128. The predicted octanol–water partition coefficient (Wildman–Crippen LogP) is 2.34. The van der Waals surface area contributed by atoms with Gasteiger partial charge in [0.25, 0.3) is 0 Å². The Hall–Kier alpha value is -1.61. The number of benzene rings is 1. The van der Waals surface area contributed by atoms with Crippen molar-refractivity contribution in [3.63, 3.8) is 0 Å². The van der Waals surface area contributed by atoms with Gasteiger partial charge in [0, 0.05) is 25.6 Å². The molecule has 0 aromatic heterocycles. The second kappa shape index (κ2) is 7.10. The highest BCUT2D eigenvalue weighted by molar-refractivity contribution is 5.78. The molecule has 0 saturated carbocycles. The summed E-state index contributed by atoms with van der Waals surface area (Å²) in [4.78, 5) is 13.6. The summed E-state index contributed by atoms with van der Waals surface area (Å²) in [5, 5.41) is 3.44. The van der Waals surface area contributed by atoms with E-state index < -0.39 is 0 Å². The quantitative estimate of drug-likeness (QED) is 0.601. The third-order valence-corrected chi connectivity index (χ3v) is 3.60. The average molecular weight is 258 g/mol. The highest BCUT2D eigenvalue weighted by Gasteiger charge is 2.29. The molecule has 1 aromatic carbocycles. The number of hydrogen-bond acceptors (Lipinski definition) is 2. The van der Waals surface area contributed by atoms with Crippen LogP contribution >= 0.6 is 0 Å². The first-order valence-corrected chi connectivity index (χ1v) is 6.96. The SMILES string of the molecule is C=CCN1C(=O)CC[C@H]1CCNCc1ccccc1. The van der Waals surface area contributed by atoms with Gasteiger partial charge in [0.1, 0.15) is 0 Å². The maximum Gasteiger partial charge on any atom is 0.223 e. The average Bonchev–Trinajstić information content (AvgIpc) is 2.78. The molecule has 19 heavy (non-hydrogen) atoms. The molecular weight excluding hydrogens is 236 g/mol. The molecule has 1 N–H and O–H groups in total. The van der Waals surface area contributed by atoms with E-state index in [9.17, 15) is 4.79 Å². The number of rotatable bonds is 7. The Morgan fingerprint density at radius 2 is 2.16 bits per heavy atom. The van der Waals surface area contributed by atoms with E-state index in [4.69, 9.17) is 0 Å². The van der Waals surface area contributed by atoms with E-state index in [0.717, 1.165) is 25.9 Å². The van der Waals surface area contributed by atoms with Crippen LogP contribution in [0, 0.1) is 0 Å². The normalized spacial score (nSPS) is 18.8. The lowest BCUT2D eigenvalue weighted by Crippen LogP contribution is -2.35. The van der Waals surface area contributed by atoms with Crippen LogP contribution < -0.4 is 5.32 Å². The second-order valence-corrected chi connectivity index (χ2v) is 4.98. The van der Waals surface area contributed by atoms with Gasteiger partial charge in [-0.2, -0.15) is 0 Å². The Balaban J connectivity index is 1.70. The number of hydrogen-bond donors (Lipinski definition) is 1. The number of carbonyl (C=O) groups excluding carboxylic acids is 1. The molecule has 0 spiro atoms. The van der Waals surface area contributed by atoms with Gasteiger partial charge in [0.05, 0.1) is 0 Å². The summed E-state index contributed by atoms with van der Waals surface area (Å²) in [6, 6.07) is 10.8. The highest BCUT2D eigenvalue weighted by Crippen LogP contribution is 2.20. The van der Waals surface area contributed by atoms with Gasteiger partial charge in [-0.15, -0.1) is 6.58 Å². The molecule has 0 unspecified atom stereocenters. The molecule has 3 heteroatoms.